The van der Waals surface area contributed by atoms with E-state index in [4.69, 9.17) is 5.73 Å². The van der Waals surface area contributed by atoms with Crippen molar-refractivity contribution in [2.24, 2.45) is 5.73 Å². The number of nitrogens with two attached hydrogens (primary N) is 1. The van der Waals surface area contributed by atoms with Gasteiger partial charge in [0.15, 0.2) is 5.65 Å². The molecule has 0 bridgehead atoms. The van der Waals surface area contributed by atoms with Gasteiger partial charge in [-0.1, -0.05) is 0 Å². The maximum absolute atomic E-state index is 10.8. The van der Waals surface area contributed by atoms with Crippen LogP contribution in [0.15, 0.2) is 18.3 Å². The predicted octanol–water partition coefficient (Wildman–Crippen LogP) is 0.225. The van der Waals surface area contributed by atoms with Gasteiger partial charge < -0.3 is 10.3 Å². The zero-order valence-corrected chi connectivity index (χ0v) is 7.77. The molecule has 0 spiro atoms. The van der Waals surface area contributed by atoms with E-state index in [9.17, 15) is 4.79 Å². The molecule has 0 saturated carbocycles. The monoisotopic (exact) mass is 190 g/mol. The number of rotatable bonds is 2. The first kappa shape index (κ1) is 8.68. The number of pyridine rings is 1. The lowest BCUT2D eigenvalue weighted by atomic mass is 10.4. The molecule has 2 rings (SSSR count). The molecule has 2 N–H and O–H groups in total. The Bertz CT molecular complexity index is 489. The summed E-state index contributed by atoms with van der Waals surface area (Å²) in [5.41, 5.74) is 6.61. The lowest BCUT2D eigenvalue weighted by Gasteiger charge is -2.01. The van der Waals surface area contributed by atoms with Gasteiger partial charge in [-0.3, -0.25) is 4.79 Å². The molecule has 0 saturated heterocycles. The zero-order valence-electron chi connectivity index (χ0n) is 7.77. The van der Waals surface area contributed by atoms with E-state index in [0.717, 1.165) is 11.3 Å². The van der Waals surface area contributed by atoms with Crippen LogP contribution in [0.4, 0.5) is 0 Å². The van der Waals surface area contributed by atoms with E-state index in [1.807, 2.05) is 19.1 Å². The lowest BCUT2D eigenvalue weighted by molar-refractivity contribution is -0.118. The Morgan fingerprint density at radius 1 is 1.64 bits per heavy atom. The second kappa shape index (κ2) is 3.10. The molecule has 0 aliphatic rings. The summed E-state index contributed by atoms with van der Waals surface area (Å²) in [5, 5.41) is 0. The van der Waals surface area contributed by atoms with Crippen molar-refractivity contribution in [2.45, 2.75) is 13.5 Å². The van der Waals surface area contributed by atoms with E-state index in [1.165, 1.54) is 0 Å². The summed E-state index contributed by atoms with van der Waals surface area (Å²) < 4.78 is 1.71. The van der Waals surface area contributed by atoms with Gasteiger partial charge in [0.2, 0.25) is 5.91 Å². The highest BCUT2D eigenvalue weighted by atomic mass is 16.1. The number of hydrogen-bond donors (Lipinski definition) is 1. The Morgan fingerprint density at radius 2 is 2.43 bits per heavy atom. The summed E-state index contributed by atoms with van der Waals surface area (Å²) in [6.45, 7) is 1.95. The van der Waals surface area contributed by atoms with Crippen LogP contribution in [0.1, 0.15) is 5.82 Å². The predicted molar refractivity (Wildman–Crippen MR) is 51.5 cm³/mol. The highest BCUT2D eigenvalue weighted by molar-refractivity contribution is 5.77. The molecule has 0 radical (unpaired) electrons. The number of imidazole rings is 1. The third-order valence-corrected chi connectivity index (χ3v) is 2.01. The molecular formula is C9H10N4O. The van der Waals surface area contributed by atoms with Gasteiger partial charge in [0, 0.05) is 6.20 Å². The molecule has 72 valence electrons. The summed E-state index contributed by atoms with van der Waals surface area (Å²) in [4.78, 5) is 19.2. The van der Waals surface area contributed by atoms with Crippen molar-refractivity contribution in [3.8, 4) is 0 Å². The van der Waals surface area contributed by atoms with Gasteiger partial charge in [-0.05, 0) is 19.1 Å². The van der Waals surface area contributed by atoms with Gasteiger partial charge in [0.05, 0.1) is 0 Å². The van der Waals surface area contributed by atoms with E-state index < -0.39 is 5.91 Å². The molecule has 0 aliphatic heterocycles. The number of aromatic nitrogens is 3. The Morgan fingerprint density at radius 3 is 3.14 bits per heavy atom. The number of amides is 1. The van der Waals surface area contributed by atoms with Gasteiger partial charge >= 0.3 is 0 Å². The van der Waals surface area contributed by atoms with Gasteiger partial charge in [-0.2, -0.15) is 0 Å². The summed E-state index contributed by atoms with van der Waals surface area (Å²) in [6, 6.07) is 3.66. The summed E-state index contributed by atoms with van der Waals surface area (Å²) in [6.07, 6.45) is 1.67. The highest BCUT2D eigenvalue weighted by Crippen LogP contribution is 2.11. The van der Waals surface area contributed by atoms with Crippen molar-refractivity contribution >= 4 is 17.1 Å². The van der Waals surface area contributed by atoms with Crippen LogP contribution < -0.4 is 5.73 Å². The Balaban J connectivity index is 2.62. The molecule has 0 aromatic carbocycles. The lowest BCUT2D eigenvalue weighted by Crippen LogP contribution is -2.19. The van der Waals surface area contributed by atoms with Crippen LogP contribution in [0.5, 0.6) is 0 Å². The van der Waals surface area contributed by atoms with Gasteiger partial charge in [-0.15, -0.1) is 0 Å². The fourth-order valence-electron chi connectivity index (χ4n) is 1.42. The average molecular weight is 190 g/mol. The second-order valence-electron chi connectivity index (χ2n) is 3.06. The molecule has 2 aromatic rings. The normalized spacial score (nSPS) is 10.6. The summed E-state index contributed by atoms with van der Waals surface area (Å²) in [7, 11) is 0. The van der Waals surface area contributed by atoms with Crippen molar-refractivity contribution in [1.82, 2.24) is 14.5 Å². The summed E-state index contributed by atoms with van der Waals surface area (Å²) in [5.74, 6) is 0.357. The first-order valence-electron chi connectivity index (χ1n) is 4.24. The van der Waals surface area contributed by atoms with Crippen molar-refractivity contribution in [2.75, 3.05) is 0 Å². The van der Waals surface area contributed by atoms with E-state index in [2.05, 4.69) is 9.97 Å². The molecule has 1 amide bonds. The van der Waals surface area contributed by atoms with Crippen LogP contribution in [-0.4, -0.2) is 20.4 Å². The first-order chi connectivity index (χ1) is 6.68. The van der Waals surface area contributed by atoms with Gasteiger partial charge in [0.25, 0.3) is 0 Å². The molecular weight excluding hydrogens is 180 g/mol. The van der Waals surface area contributed by atoms with Crippen molar-refractivity contribution in [1.29, 1.82) is 0 Å². The van der Waals surface area contributed by atoms with Crippen LogP contribution >= 0.6 is 0 Å². The number of hydrogen-bond acceptors (Lipinski definition) is 3. The highest BCUT2D eigenvalue weighted by Gasteiger charge is 2.08. The van der Waals surface area contributed by atoms with Gasteiger partial charge in [-0.25, -0.2) is 9.97 Å². The largest absolute Gasteiger partial charge is 0.368 e. The quantitative estimate of drug-likeness (QED) is 0.736. The van der Waals surface area contributed by atoms with E-state index >= 15 is 0 Å². The maximum atomic E-state index is 10.8. The third-order valence-electron chi connectivity index (χ3n) is 2.01. The SMILES string of the molecule is Cc1nc2cccnc2n1CC(N)=O. The number of carbonyl (C=O) groups is 1. The van der Waals surface area contributed by atoms with E-state index in [-0.39, 0.29) is 6.54 Å². The Labute approximate surface area is 80.6 Å². The number of primary amides is 1. The van der Waals surface area contributed by atoms with Crippen LogP contribution in [-0.2, 0) is 11.3 Å². The number of fused-ring (bicyclic) bond motifs is 1. The molecule has 5 nitrogen and oxygen atoms in total. The minimum Gasteiger partial charge on any atom is -0.368 e. The standard InChI is InChI=1S/C9H10N4O/c1-6-12-7-3-2-4-11-9(7)13(6)5-8(10)14/h2-4H,5H2,1H3,(H2,10,14). The third kappa shape index (κ3) is 1.32. The van der Waals surface area contributed by atoms with Gasteiger partial charge in [0.1, 0.15) is 17.9 Å². The molecule has 2 aromatic heterocycles. The second-order valence-corrected chi connectivity index (χ2v) is 3.06. The molecule has 0 aliphatic carbocycles. The van der Waals surface area contributed by atoms with Crippen LogP contribution in [0.2, 0.25) is 0 Å². The minimum absolute atomic E-state index is 0.124. The Kier molecular flexibility index (Phi) is 1.92. The molecule has 0 unspecified atom stereocenters. The first-order valence-corrected chi connectivity index (χ1v) is 4.24. The van der Waals surface area contributed by atoms with E-state index in [1.54, 1.807) is 10.8 Å². The van der Waals surface area contributed by atoms with Crippen molar-refractivity contribution in [3.63, 3.8) is 0 Å². The molecule has 0 fully saturated rings. The van der Waals surface area contributed by atoms with Crippen LogP contribution in [0.3, 0.4) is 0 Å². The number of nitrogens with zero attached hydrogens (tertiary/aromatic N) is 3. The van der Waals surface area contributed by atoms with E-state index in [0.29, 0.717) is 5.65 Å². The van der Waals surface area contributed by atoms with Crippen LogP contribution in [0, 0.1) is 6.92 Å². The smallest absolute Gasteiger partial charge is 0.237 e. The van der Waals surface area contributed by atoms with Crippen molar-refractivity contribution in [3.05, 3.63) is 24.2 Å². The summed E-state index contributed by atoms with van der Waals surface area (Å²) >= 11 is 0. The van der Waals surface area contributed by atoms with Crippen molar-refractivity contribution < 1.29 is 4.79 Å². The topological polar surface area (TPSA) is 73.8 Å². The maximum Gasteiger partial charge on any atom is 0.237 e. The number of carbonyl (C=O) groups excluding carboxylic acids is 1. The number of aryl methyl sites for hydroxylation is 1. The van der Waals surface area contributed by atoms with Crippen LogP contribution in [0.25, 0.3) is 11.2 Å². The minimum atomic E-state index is -0.391. The molecule has 2 heterocycles. The molecule has 14 heavy (non-hydrogen) atoms. The molecule has 5 heteroatoms. The zero-order chi connectivity index (χ0) is 10.1. The fourth-order valence-corrected chi connectivity index (χ4v) is 1.42. The Hall–Kier alpha value is -1.91. The average Bonchev–Trinajstić information content (AvgIpc) is 2.43. The fraction of sp³-hybridized carbons (Fsp3) is 0.222. The molecule has 0 atom stereocenters.